The standard InChI is InChI=1S/C13H11N3O4/c1-8-9(2)20-13(15-8)7-19-12-4-3-10(6-14)5-11(12)16(17)18/h3-5H,7H2,1-2H3. The first-order valence-corrected chi connectivity index (χ1v) is 5.75. The van der Waals surface area contributed by atoms with Gasteiger partial charge in [-0.3, -0.25) is 10.1 Å². The fraction of sp³-hybridized carbons (Fsp3) is 0.231. The Bertz CT molecular complexity index is 681. The molecule has 102 valence electrons. The Kier molecular flexibility index (Phi) is 3.66. The van der Waals surface area contributed by atoms with E-state index < -0.39 is 4.92 Å². The highest BCUT2D eigenvalue weighted by atomic mass is 16.6. The lowest BCUT2D eigenvalue weighted by Crippen LogP contribution is -2.00. The summed E-state index contributed by atoms with van der Waals surface area (Å²) in [6.07, 6.45) is 0. The molecule has 0 atom stereocenters. The third-order valence-corrected chi connectivity index (χ3v) is 2.71. The molecule has 2 aromatic rings. The van der Waals surface area contributed by atoms with Gasteiger partial charge in [0.05, 0.1) is 22.2 Å². The fourth-order valence-corrected chi connectivity index (χ4v) is 1.59. The molecule has 0 aliphatic heterocycles. The van der Waals surface area contributed by atoms with E-state index in [1.165, 1.54) is 18.2 Å². The van der Waals surface area contributed by atoms with Gasteiger partial charge in [-0.2, -0.15) is 5.26 Å². The Hall–Kier alpha value is -2.88. The number of nitro groups is 1. The van der Waals surface area contributed by atoms with Crippen LogP contribution in [0.15, 0.2) is 22.6 Å². The van der Waals surface area contributed by atoms with E-state index in [1.54, 1.807) is 13.8 Å². The lowest BCUT2D eigenvalue weighted by Gasteiger charge is -2.04. The molecule has 0 fully saturated rings. The second-order valence-electron chi connectivity index (χ2n) is 4.09. The van der Waals surface area contributed by atoms with Crippen LogP contribution in [0.3, 0.4) is 0 Å². The second-order valence-corrected chi connectivity index (χ2v) is 4.09. The number of nitriles is 1. The number of hydrogen-bond donors (Lipinski definition) is 0. The van der Waals surface area contributed by atoms with Crippen LogP contribution in [-0.4, -0.2) is 9.91 Å². The fourth-order valence-electron chi connectivity index (χ4n) is 1.59. The third kappa shape index (κ3) is 2.75. The van der Waals surface area contributed by atoms with Crippen molar-refractivity contribution in [1.29, 1.82) is 5.26 Å². The van der Waals surface area contributed by atoms with E-state index in [9.17, 15) is 10.1 Å². The van der Waals surface area contributed by atoms with Gasteiger partial charge in [-0.15, -0.1) is 0 Å². The minimum Gasteiger partial charge on any atom is -0.477 e. The highest BCUT2D eigenvalue weighted by molar-refractivity contribution is 5.51. The van der Waals surface area contributed by atoms with Crippen molar-refractivity contribution in [3.63, 3.8) is 0 Å². The summed E-state index contributed by atoms with van der Waals surface area (Å²) >= 11 is 0. The zero-order valence-corrected chi connectivity index (χ0v) is 10.9. The highest BCUT2D eigenvalue weighted by Gasteiger charge is 2.17. The van der Waals surface area contributed by atoms with Crippen LogP contribution in [0.2, 0.25) is 0 Å². The molecule has 0 aliphatic rings. The number of nitrogens with zero attached hydrogens (tertiary/aromatic N) is 3. The van der Waals surface area contributed by atoms with Crippen LogP contribution in [0.4, 0.5) is 5.69 Å². The van der Waals surface area contributed by atoms with Crippen molar-refractivity contribution in [2.75, 3.05) is 0 Å². The number of rotatable bonds is 4. The zero-order chi connectivity index (χ0) is 14.7. The van der Waals surface area contributed by atoms with Crippen molar-refractivity contribution in [1.82, 2.24) is 4.98 Å². The monoisotopic (exact) mass is 273 g/mol. The molecule has 1 aromatic heterocycles. The molecule has 0 saturated heterocycles. The van der Waals surface area contributed by atoms with Crippen molar-refractivity contribution < 1.29 is 14.1 Å². The van der Waals surface area contributed by atoms with Gasteiger partial charge < -0.3 is 9.15 Å². The Morgan fingerprint density at radius 3 is 2.80 bits per heavy atom. The van der Waals surface area contributed by atoms with E-state index in [4.69, 9.17) is 14.4 Å². The molecule has 1 aromatic carbocycles. The van der Waals surface area contributed by atoms with Crippen LogP contribution in [0.5, 0.6) is 5.75 Å². The number of nitro benzene ring substituents is 1. The molecule has 0 saturated carbocycles. The van der Waals surface area contributed by atoms with Gasteiger partial charge in [-0.05, 0) is 26.0 Å². The number of ether oxygens (including phenoxy) is 1. The van der Waals surface area contributed by atoms with Crippen molar-refractivity contribution in [3.05, 3.63) is 51.2 Å². The normalized spacial score (nSPS) is 10.1. The van der Waals surface area contributed by atoms with E-state index >= 15 is 0 Å². The second kappa shape index (κ2) is 5.40. The van der Waals surface area contributed by atoms with Gasteiger partial charge in [0.2, 0.25) is 5.89 Å². The molecule has 0 unspecified atom stereocenters. The summed E-state index contributed by atoms with van der Waals surface area (Å²) in [5.74, 6) is 1.10. The van der Waals surface area contributed by atoms with E-state index in [0.29, 0.717) is 11.7 Å². The molecule has 2 rings (SSSR count). The first kappa shape index (κ1) is 13.5. The van der Waals surface area contributed by atoms with Crippen LogP contribution in [0.25, 0.3) is 0 Å². The van der Waals surface area contributed by atoms with Gasteiger partial charge in [0, 0.05) is 6.07 Å². The predicted octanol–water partition coefficient (Wildman–Crippen LogP) is 2.65. The maximum Gasteiger partial charge on any atom is 0.312 e. The first-order valence-electron chi connectivity index (χ1n) is 5.75. The van der Waals surface area contributed by atoms with Crippen LogP contribution in [0, 0.1) is 35.3 Å². The Morgan fingerprint density at radius 2 is 2.25 bits per heavy atom. The van der Waals surface area contributed by atoms with Crippen molar-refractivity contribution in [3.8, 4) is 11.8 Å². The highest BCUT2D eigenvalue weighted by Crippen LogP contribution is 2.28. The summed E-state index contributed by atoms with van der Waals surface area (Å²) in [4.78, 5) is 14.5. The molecular formula is C13H11N3O4. The van der Waals surface area contributed by atoms with Crippen LogP contribution in [-0.2, 0) is 6.61 Å². The van der Waals surface area contributed by atoms with Crippen molar-refractivity contribution in [2.45, 2.75) is 20.5 Å². The maximum atomic E-state index is 10.9. The SMILES string of the molecule is Cc1nc(COc2ccc(C#N)cc2[N+](=O)[O-])oc1C. The van der Waals surface area contributed by atoms with E-state index in [1.807, 2.05) is 6.07 Å². The molecule has 1 heterocycles. The quantitative estimate of drug-likeness (QED) is 0.626. The van der Waals surface area contributed by atoms with E-state index in [0.717, 1.165) is 5.69 Å². The summed E-state index contributed by atoms with van der Waals surface area (Å²) in [5.41, 5.74) is 0.689. The molecule has 7 heteroatoms. The molecule has 0 bridgehead atoms. The van der Waals surface area contributed by atoms with Crippen molar-refractivity contribution >= 4 is 5.69 Å². The Labute approximate surface area is 114 Å². The summed E-state index contributed by atoms with van der Waals surface area (Å²) in [6.45, 7) is 3.56. The van der Waals surface area contributed by atoms with Gasteiger partial charge in [-0.1, -0.05) is 0 Å². The Morgan fingerprint density at radius 1 is 1.50 bits per heavy atom. The summed E-state index contributed by atoms with van der Waals surface area (Å²) in [5, 5.41) is 19.7. The molecule has 7 nitrogen and oxygen atoms in total. The molecule has 0 radical (unpaired) electrons. The van der Waals surface area contributed by atoms with Crippen molar-refractivity contribution in [2.24, 2.45) is 0 Å². The van der Waals surface area contributed by atoms with Gasteiger partial charge in [0.15, 0.2) is 12.4 Å². The summed E-state index contributed by atoms with van der Waals surface area (Å²) in [6, 6.07) is 5.85. The van der Waals surface area contributed by atoms with E-state index in [-0.39, 0.29) is 23.6 Å². The minimum atomic E-state index is -0.595. The van der Waals surface area contributed by atoms with Crippen LogP contribution >= 0.6 is 0 Å². The topological polar surface area (TPSA) is 102 Å². The third-order valence-electron chi connectivity index (χ3n) is 2.71. The lowest BCUT2D eigenvalue weighted by atomic mass is 10.2. The molecule has 20 heavy (non-hydrogen) atoms. The number of aryl methyl sites for hydroxylation is 2. The zero-order valence-electron chi connectivity index (χ0n) is 10.9. The largest absolute Gasteiger partial charge is 0.477 e. The number of aromatic nitrogens is 1. The maximum absolute atomic E-state index is 10.9. The van der Waals surface area contributed by atoms with Gasteiger partial charge in [-0.25, -0.2) is 4.98 Å². The number of hydrogen-bond acceptors (Lipinski definition) is 6. The average molecular weight is 273 g/mol. The smallest absolute Gasteiger partial charge is 0.312 e. The number of benzene rings is 1. The van der Waals surface area contributed by atoms with Gasteiger partial charge in [0.25, 0.3) is 0 Å². The summed E-state index contributed by atoms with van der Waals surface area (Å²) < 4.78 is 10.7. The lowest BCUT2D eigenvalue weighted by molar-refractivity contribution is -0.386. The van der Waals surface area contributed by atoms with Gasteiger partial charge >= 0.3 is 5.69 Å². The van der Waals surface area contributed by atoms with Crippen LogP contribution in [0.1, 0.15) is 22.9 Å². The van der Waals surface area contributed by atoms with Gasteiger partial charge in [0.1, 0.15) is 5.76 Å². The predicted molar refractivity (Wildman–Crippen MR) is 68.1 cm³/mol. The Balaban J connectivity index is 2.21. The molecule has 0 amide bonds. The van der Waals surface area contributed by atoms with Crippen LogP contribution < -0.4 is 4.74 Å². The van der Waals surface area contributed by atoms with E-state index in [2.05, 4.69) is 4.98 Å². The number of oxazole rings is 1. The molecule has 0 aliphatic carbocycles. The average Bonchev–Trinajstić information content (AvgIpc) is 2.75. The molecule has 0 spiro atoms. The first-order chi connectivity index (χ1) is 9.51. The minimum absolute atomic E-state index is 0.0125. The summed E-state index contributed by atoms with van der Waals surface area (Å²) in [7, 11) is 0. The molecule has 0 N–H and O–H groups in total. The molecular weight excluding hydrogens is 262 g/mol.